The molecular formula is C15H18Br2N2O2. The van der Waals surface area contributed by atoms with Crippen molar-refractivity contribution in [2.75, 3.05) is 26.8 Å². The summed E-state index contributed by atoms with van der Waals surface area (Å²) in [4.78, 5) is 4.34. The van der Waals surface area contributed by atoms with Gasteiger partial charge in [0, 0.05) is 34.6 Å². The Kier molecular flexibility index (Phi) is 6.89. The van der Waals surface area contributed by atoms with Crippen LogP contribution in [-0.2, 0) is 11.2 Å². The van der Waals surface area contributed by atoms with Crippen LogP contribution < -0.4 is 5.32 Å². The van der Waals surface area contributed by atoms with Crippen molar-refractivity contribution in [1.82, 2.24) is 10.3 Å². The van der Waals surface area contributed by atoms with E-state index in [9.17, 15) is 0 Å². The summed E-state index contributed by atoms with van der Waals surface area (Å²) in [5, 5.41) is 3.30. The maximum Gasteiger partial charge on any atom is 0.194 e. The molecule has 0 unspecified atom stereocenters. The fourth-order valence-corrected chi connectivity index (χ4v) is 2.70. The first-order chi connectivity index (χ1) is 10.2. The van der Waals surface area contributed by atoms with Gasteiger partial charge in [0.25, 0.3) is 0 Å². The Morgan fingerprint density at radius 1 is 1.29 bits per heavy atom. The molecule has 0 fully saturated rings. The molecule has 0 aliphatic carbocycles. The standard InChI is InChI=1S/C15H18Br2N2O2/c1-20-8-7-18-6-2-3-15-19-10-14(21-15)12-9-11(16)4-5-13(12)17/h4-5,9-10,18H,2-3,6-8H2,1H3. The molecule has 114 valence electrons. The smallest absolute Gasteiger partial charge is 0.194 e. The van der Waals surface area contributed by atoms with Gasteiger partial charge in [0.2, 0.25) is 0 Å². The Hall–Kier alpha value is -0.690. The third-order valence-electron chi connectivity index (χ3n) is 2.97. The summed E-state index contributed by atoms with van der Waals surface area (Å²) in [5.74, 6) is 1.55. The van der Waals surface area contributed by atoms with Gasteiger partial charge in [-0.2, -0.15) is 0 Å². The largest absolute Gasteiger partial charge is 0.441 e. The molecule has 6 heteroatoms. The number of rotatable bonds is 8. The van der Waals surface area contributed by atoms with Crippen molar-refractivity contribution >= 4 is 31.9 Å². The molecule has 4 nitrogen and oxygen atoms in total. The number of aryl methyl sites for hydroxylation is 1. The second kappa shape index (κ2) is 8.68. The van der Waals surface area contributed by atoms with Crippen LogP contribution in [0.25, 0.3) is 11.3 Å². The summed E-state index contributed by atoms with van der Waals surface area (Å²) >= 11 is 7.00. The number of benzene rings is 1. The van der Waals surface area contributed by atoms with E-state index in [2.05, 4.69) is 42.2 Å². The number of aromatic nitrogens is 1. The van der Waals surface area contributed by atoms with E-state index in [0.717, 1.165) is 58.7 Å². The molecular weight excluding hydrogens is 400 g/mol. The van der Waals surface area contributed by atoms with Crippen molar-refractivity contribution in [2.24, 2.45) is 0 Å². The van der Waals surface area contributed by atoms with E-state index in [1.165, 1.54) is 0 Å². The lowest BCUT2D eigenvalue weighted by Gasteiger charge is -2.02. The fourth-order valence-electron chi connectivity index (χ4n) is 1.90. The highest BCUT2D eigenvalue weighted by atomic mass is 79.9. The van der Waals surface area contributed by atoms with Crippen LogP contribution in [-0.4, -0.2) is 31.8 Å². The average Bonchev–Trinajstić information content (AvgIpc) is 2.94. The molecule has 1 heterocycles. The molecule has 0 spiro atoms. The minimum Gasteiger partial charge on any atom is -0.441 e. The van der Waals surface area contributed by atoms with Crippen LogP contribution in [0.2, 0.25) is 0 Å². The van der Waals surface area contributed by atoms with E-state index in [1.807, 2.05) is 18.2 Å². The number of methoxy groups -OCH3 is 1. The van der Waals surface area contributed by atoms with Gasteiger partial charge in [-0.25, -0.2) is 4.98 Å². The maximum atomic E-state index is 5.82. The molecule has 0 atom stereocenters. The van der Waals surface area contributed by atoms with Gasteiger partial charge in [-0.3, -0.25) is 0 Å². The highest BCUT2D eigenvalue weighted by Gasteiger charge is 2.10. The fraction of sp³-hybridized carbons (Fsp3) is 0.400. The maximum absolute atomic E-state index is 5.82. The van der Waals surface area contributed by atoms with Crippen molar-refractivity contribution in [1.29, 1.82) is 0 Å². The number of hydrogen-bond donors (Lipinski definition) is 1. The number of hydrogen-bond acceptors (Lipinski definition) is 4. The van der Waals surface area contributed by atoms with Crippen LogP contribution in [0.5, 0.6) is 0 Å². The van der Waals surface area contributed by atoms with Gasteiger partial charge in [0.15, 0.2) is 11.7 Å². The zero-order chi connectivity index (χ0) is 15.1. The Labute approximate surface area is 141 Å². The Bertz CT molecular complexity index is 573. The highest BCUT2D eigenvalue weighted by molar-refractivity contribution is 9.11. The van der Waals surface area contributed by atoms with Crippen molar-refractivity contribution in [3.8, 4) is 11.3 Å². The molecule has 0 amide bonds. The molecule has 1 aromatic heterocycles. The summed E-state index contributed by atoms with van der Waals surface area (Å²) < 4.78 is 12.8. The molecule has 0 aliphatic heterocycles. The first kappa shape index (κ1) is 16.7. The normalized spacial score (nSPS) is 11.0. The summed E-state index contributed by atoms with van der Waals surface area (Å²) in [6.45, 7) is 2.54. The Balaban J connectivity index is 1.88. The predicted molar refractivity (Wildman–Crippen MR) is 90.4 cm³/mol. The molecule has 0 aliphatic rings. The van der Waals surface area contributed by atoms with Crippen LogP contribution >= 0.6 is 31.9 Å². The first-order valence-corrected chi connectivity index (χ1v) is 8.39. The molecule has 0 bridgehead atoms. The molecule has 1 aromatic carbocycles. The van der Waals surface area contributed by atoms with Crippen LogP contribution in [0.15, 0.2) is 37.8 Å². The Morgan fingerprint density at radius 3 is 2.95 bits per heavy atom. The lowest BCUT2D eigenvalue weighted by atomic mass is 10.2. The van der Waals surface area contributed by atoms with Crippen molar-refractivity contribution in [3.63, 3.8) is 0 Å². The topological polar surface area (TPSA) is 47.3 Å². The minimum absolute atomic E-state index is 0.736. The summed E-state index contributed by atoms with van der Waals surface area (Å²) in [6, 6.07) is 5.98. The second-order valence-electron chi connectivity index (χ2n) is 4.59. The number of oxazole rings is 1. The van der Waals surface area contributed by atoms with Crippen molar-refractivity contribution in [2.45, 2.75) is 12.8 Å². The predicted octanol–water partition coefficient (Wildman–Crippen LogP) is 4.04. The van der Waals surface area contributed by atoms with Crippen molar-refractivity contribution in [3.05, 3.63) is 39.2 Å². The van der Waals surface area contributed by atoms with Crippen LogP contribution in [0, 0.1) is 0 Å². The summed E-state index contributed by atoms with van der Waals surface area (Å²) in [6.07, 6.45) is 3.59. The molecule has 2 rings (SSSR count). The van der Waals surface area contributed by atoms with Gasteiger partial charge >= 0.3 is 0 Å². The van der Waals surface area contributed by atoms with Gasteiger partial charge in [-0.15, -0.1) is 0 Å². The summed E-state index contributed by atoms with van der Waals surface area (Å²) in [5.41, 5.74) is 1.00. The van der Waals surface area contributed by atoms with Crippen molar-refractivity contribution < 1.29 is 9.15 Å². The molecule has 0 saturated heterocycles. The molecule has 0 saturated carbocycles. The minimum atomic E-state index is 0.736. The third kappa shape index (κ3) is 5.21. The zero-order valence-electron chi connectivity index (χ0n) is 11.9. The number of nitrogens with zero attached hydrogens (tertiary/aromatic N) is 1. The van der Waals surface area contributed by atoms with E-state index in [1.54, 1.807) is 13.3 Å². The van der Waals surface area contributed by atoms with Crippen LogP contribution in [0.1, 0.15) is 12.3 Å². The van der Waals surface area contributed by atoms with Gasteiger partial charge in [-0.1, -0.05) is 31.9 Å². The summed E-state index contributed by atoms with van der Waals surface area (Å²) in [7, 11) is 1.70. The van der Waals surface area contributed by atoms with E-state index in [4.69, 9.17) is 9.15 Å². The van der Waals surface area contributed by atoms with E-state index >= 15 is 0 Å². The van der Waals surface area contributed by atoms with Crippen LogP contribution in [0.4, 0.5) is 0 Å². The van der Waals surface area contributed by atoms with Gasteiger partial charge in [0.1, 0.15) is 0 Å². The van der Waals surface area contributed by atoms with Gasteiger partial charge < -0.3 is 14.5 Å². The lowest BCUT2D eigenvalue weighted by molar-refractivity contribution is 0.199. The molecule has 2 aromatic rings. The van der Waals surface area contributed by atoms with Gasteiger partial charge in [0.05, 0.1) is 12.8 Å². The molecule has 1 N–H and O–H groups in total. The zero-order valence-corrected chi connectivity index (χ0v) is 15.0. The number of halogens is 2. The SMILES string of the molecule is COCCNCCCc1ncc(-c2cc(Br)ccc2Br)o1. The van der Waals surface area contributed by atoms with Crippen LogP contribution in [0.3, 0.4) is 0 Å². The van der Waals surface area contributed by atoms with Gasteiger partial charge in [-0.05, 0) is 31.2 Å². The number of nitrogens with one attached hydrogen (secondary N) is 1. The number of ether oxygens (including phenoxy) is 1. The van der Waals surface area contributed by atoms with E-state index in [0.29, 0.717) is 0 Å². The molecule has 21 heavy (non-hydrogen) atoms. The average molecular weight is 418 g/mol. The quantitative estimate of drug-likeness (QED) is 0.658. The first-order valence-electron chi connectivity index (χ1n) is 6.80. The third-order valence-corrected chi connectivity index (χ3v) is 4.16. The van der Waals surface area contributed by atoms with E-state index < -0.39 is 0 Å². The Morgan fingerprint density at radius 2 is 2.14 bits per heavy atom. The monoisotopic (exact) mass is 416 g/mol. The second-order valence-corrected chi connectivity index (χ2v) is 6.36. The van der Waals surface area contributed by atoms with E-state index in [-0.39, 0.29) is 0 Å². The molecule has 0 radical (unpaired) electrons. The lowest BCUT2D eigenvalue weighted by Crippen LogP contribution is -2.20. The highest BCUT2D eigenvalue weighted by Crippen LogP contribution is 2.31.